The van der Waals surface area contributed by atoms with Gasteiger partial charge in [0.15, 0.2) is 0 Å². The number of carbonyl (C=O) groups is 1. The van der Waals surface area contributed by atoms with Gasteiger partial charge in [-0.05, 0) is 46.5 Å². The highest BCUT2D eigenvalue weighted by atomic mass is 16.6. The van der Waals surface area contributed by atoms with Crippen LogP contribution in [-0.2, 0) is 4.74 Å². The fourth-order valence-electron chi connectivity index (χ4n) is 2.59. The number of amides is 1. The lowest BCUT2D eigenvalue weighted by Gasteiger charge is -2.34. The minimum absolute atomic E-state index is 0.124. The van der Waals surface area contributed by atoms with E-state index in [-0.39, 0.29) is 12.1 Å². The number of piperidine rings is 1. The molecule has 7 heteroatoms. The van der Waals surface area contributed by atoms with Crippen LogP contribution >= 0.6 is 0 Å². The van der Waals surface area contributed by atoms with Crippen molar-refractivity contribution in [3.05, 3.63) is 12.2 Å². The van der Waals surface area contributed by atoms with E-state index in [1.165, 1.54) is 6.33 Å². The molecular formula is C15H27N5O2. The number of carbonyl (C=O) groups excluding carboxylic acids is 1. The number of aromatic nitrogens is 3. The minimum Gasteiger partial charge on any atom is -0.444 e. The van der Waals surface area contributed by atoms with Crippen molar-refractivity contribution in [3.63, 3.8) is 0 Å². The fourth-order valence-corrected chi connectivity index (χ4v) is 2.59. The maximum atomic E-state index is 12.1. The second-order valence-corrected chi connectivity index (χ2v) is 6.94. The van der Waals surface area contributed by atoms with Crippen LogP contribution in [0.4, 0.5) is 4.79 Å². The molecule has 2 rings (SSSR count). The van der Waals surface area contributed by atoms with Crippen LogP contribution in [0.15, 0.2) is 6.33 Å². The number of ether oxygens (including phenoxy) is 1. The lowest BCUT2D eigenvalue weighted by Crippen LogP contribution is -2.45. The quantitative estimate of drug-likeness (QED) is 0.890. The van der Waals surface area contributed by atoms with Gasteiger partial charge in [0.2, 0.25) is 0 Å². The van der Waals surface area contributed by atoms with Crippen molar-refractivity contribution in [2.45, 2.75) is 52.2 Å². The summed E-state index contributed by atoms with van der Waals surface area (Å²) in [6.07, 6.45) is 3.44. The number of hydrogen-bond donors (Lipinski definition) is 2. The molecule has 0 aromatic carbocycles. The fraction of sp³-hybridized carbons (Fsp3) is 0.800. The summed E-state index contributed by atoms with van der Waals surface area (Å²) in [5.74, 6) is 1.27. The first kappa shape index (κ1) is 16.7. The van der Waals surface area contributed by atoms with Crippen molar-refractivity contribution in [1.82, 2.24) is 25.4 Å². The SMILES string of the molecule is CC(NCC1CCCN(C(=O)OC(C)(C)C)C1)c1ncn[nH]1. The molecule has 2 atom stereocenters. The number of aromatic amines is 1. The Hall–Kier alpha value is -1.63. The zero-order chi connectivity index (χ0) is 16.2. The first-order valence-electron chi connectivity index (χ1n) is 7.92. The van der Waals surface area contributed by atoms with Crippen LogP contribution in [0.1, 0.15) is 52.4 Å². The molecule has 1 aliphatic heterocycles. The molecule has 0 bridgehead atoms. The molecule has 1 saturated heterocycles. The molecule has 2 unspecified atom stereocenters. The maximum Gasteiger partial charge on any atom is 0.410 e. The smallest absolute Gasteiger partial charge is 0.410 e. The van der Waals surface area contributed by atoms with Crippen LogP contribution in [0, 0.1) is 5.92 Å². The Morgan fingerprint density at radius 1 is 1.59 bits per heavy atom. The van der Waals surface area contributed by atoms with E-state index in [0.29, 0.717) is 5.92 Å². The van der Waals surface area contributed by atoms with Crippen LogP contribution < -0.4 is 5.32 Å². The van der Waals surface area contributed by atoms with Gasteiger partial charge in [0.05, 0.1) is 6.04 Å². The number of hydrogen-bond acceptors (Lipinski definition) is 5. The molecule has 0 saturated carbocycles. The van der Waals surface area contributed by atoms with E-state index in [2.05, 4.69) is 27.4 Å². The third-order valence-electron chi connectivity index (χ3n) is 3.73. The zero-order valence-corrected chi connectivity index (χ0v) is 13.9. The number of rotatable bonds is 4. The molecule has 1 aromatic rings. The predicted octanol–water partition coefficient (Wildman–Crippen LogP) is 2.10. The third kappa shape index (κ3) is 4.98. The highest BCUT2D eigenvalue weighted by Gasteiger charge is 2.27. The number of nitrogens with one attached hydrogen (secondary N) is 2. The molecule has 1 fully saturated rings. The van der Waals surface area contributed by atoms with Crippen LogP contribution in [0.5, 0.6) is 0 Å². The summed E-state index contributed by atoms with van der Waals surface area (Å²) in [5.41, 5.74) is -0.441. The Kier molecular flexibility index (Phi) is 5.39. The van der Waals surface area contributed by atoms with Gasteiger partial charge in [0, 0.05) is 19.6 Å². The minimum atomic E-state index is -0.441. The van der Waals surface area contributed by atoms with Gasteiger partial charge < -0.3 is 15.0 Å². The topological polar surface area (TPSA) is 83.1 Å². The van der Waals surface area contributed by atoms with Gasteiger partial charge in [-0.15, -0.1) is 0 Å². The van der Waals surface area contributed by atoms with E-state index >= 15 is 0 Å². The Balaban J connectivity index is 1.79. The first-order valence-corrected chi connectivity index (χ1v) is 7.92. The molecule has 124 valence electrons. The van der Waals surface area contributed by atoms with Crippen molar-refractivity contribution in [1.29, 1.82) is 0 Å². The van der Waals surface area contributed by atoms with Crippen molar-refractivity contribution in [2.24, 2.45) is 5.92 Å². The number of likely N-dealkylation sites (tertiary alicyclic amines) is 1. The third-order valence-corrected chi connectivity index (χ3v) is 3.73. The molecule has 0 aliphatic carbocycles. The molecule has 0 spiro atoms. The van der Waals surface area contributed by atoms with Gasteiger partial charge in [-0.3, -0.25) is 5.10 Å². The normalized spacial score (nSPS) is 20.7. The molecule has 7 nitrogen and oxygen atoms in total. The van der Waals surface area contributed by atoms with Gasteiger partial charge in [-0.2, -0.15) is 5.10 Å². The van der Waals surface area contributed by atoms with E-state index in [0.717, 1.165) is 38.3 Å². The predicted molar refractivity (Wildman–Crippen MR) is 83.3 cm³/mol. The zero-order valence-electron chi connectivity index (χ0n) is 13.9. The van der Waals surface area contributed by atoms with Crippen molar-refractivity contribution < 1.29 is 9.53 Å². The summed E-state index contributed by atoms with van der Waals surface area (Å²) in [4.78, 5) is 18.1. The number of nitrogens with zero attached hydrogens (tertiary/aromatic N) is 3. The van der Waals surface area contributed by atoms with Crippen LogP contribution in [-0.4, -0.2) is 51.4 Å². The molecule has 2 heterocycles. The largest absolute Gasteiger partial charge is 0.444 e. The van der Waals surface area contributed by atoms with Crippen LogP contribution in [0.2, 0.25) is 0 Å². The highest BCUT2D eigenvalue weighted by Crippen LogP contribution is 2.19. The van der Waals surface area contributed by atoms with Crippen molar-refractivity contribution in [2.75, 3.05) is 19.6 Å². The Bertz CT molecular complexity index is 469. The van der Waals surface area contributed by atoms with Gasteiger partial charge >= 0.3 is 6.09 Å². The van der Waals surface area contributed by atoms with E-state index in [1.54, 1.807) is 0 Å². The summed E-state index contributed by atoms with van der Waals surface area (Å²) in [7, 11) is 0. The van der Waals surface area contributed by atoms with Crippen LogP contribution in [0.25, 0.3) is 0 Å². The average Bonchev–Trinajstić information content (AvgIpc) is 2.97. The van der Waals surface area contributed by atoms with Gasteiger partial charge in [-0.25, -0.2) is 9.78 Å². The molecule has 22 heavy (non-hydrogen) atoms. The summed E-state index contributed by atoms with van der Waals surface area (Å²) in [6, 6.07) is 0.124. The van der Waals surface area contributed by atoms with E-state index in [1.807, 2.05) is 25.7 Å². The van der Waals surface area contributed by atoms with Crippen molar-refractivity contribution >= 4 is 6.09 Å². The van der Waals surface area contributed by atoms with Gasteiger partial charge in [0.1, 0.15) is 17.8 Å². The molecule has 1 amide bonds. The average molecular weight is 309 g/mol. The molecular weight excluding hydrogens is 282 g/mol. The lowest BCUT2D eigenvalue weighted by atomic mass is 9.98. The summed E-state index contributed by atoms with van der Waals surface area (Å²) in [6.45, 7) is 10.1. The van der Waals surface area contributed by atoms with Gasteiger partial charge in [-0.1, -0.05) is 0 Å². The number of H-pyrrole nitrogens is 1. The van der Waals surface area contributed by atoms with Crippen LogP contribution in [0.3, 0.4) is 0 Å². The second kappa shape index (κ2) is 7.09. The Labute approximate surface area is 131 Å². The highest BCUT2D eigenvalue weighted by molar-refractivity contribution is 5.68. The lowest BCUT2D eigenvalue weighted by molar-refractivity contribution is 0.0165. The summed E-state index contributed by atoms with van der Waals surface area (Å²) < 4.78 is 5.45. The van der Waals surface area contributed by atoms with E-state index in [9.17, 15) is 4.79 Å². The standard InChI is InChI=1S/C15H27N5O2/c1-11(13-17-10-18-19-13)16-8-12-6-5-7-20(9-12)14(21)22-15(2,3)4/h10-12,16H,5-9H2,1-4H3,(H,17,18,19). The second-order valence-electron chi connectivity index (χ2n) is 6.94. The molecule has 0 radical (unpaired) electrons. The van der Waals surface area contributed by atoms with E-state index < -0.39 is 5.60 Å². The summed E-state index contributed by atoms with van der Waals surface area (Å²) in [5, 5.41) is 10.2. The first-order chi connectivity index (χ1) is 10.3. The Morgan fingerprint density at radius 2 is 2.36 bits per heavy atom. The monoisotopic (exact) mass is 309 g/mol. The molecule has 1 aromatic heterocycles. The Morgan fingerprint density at radius 3 is 3.00 bits per heavy atom. The van der Waals surface area contributed by atoms with Gasteiger partial charge in [0.25, 0.3) is 0 Å². The summed E-state index contributed by atoms with van der Waals surface area (Å²) >= 11 is 0. The maximum absolute atomic E-state index is 12.1. The molecule has 1 aliphatic rings. The van der Waals surface area contributed by atoms with E-state index in [4.69, 9.17) is 4.74 Å². The molecule has 2 N–H and O–H groups in total. The van der Waals surface area contributed by atoms with Crippen molar-refractivity contribution in [3.8, 4) is 0 Å².